The van der Waals surface area contributed by atoms with Crippen molar-refractivity contribution >= 4 is 32.7 Å². The fourth-order valence-electron chi connectivity index (χ4n) is 2.29. The molecule has 0 atom stereocenters. The second-order valence-corrected chi connectivity index (χ2v) is 5.62. The lowest BCUT2D eigenvalue weighted by Gasteiger charge is -2.20. The molecule has 0 saturated carbocycles. The average Bonchev–Trinajstić information content (AvgIpc) is 2.80. The number of alkyl halides is 1. The SMILES string of the molecule is CCCCN(CCBr)C(=O)c1nn(C)c2ccccc12. The van der Waals surface area contributed by atoms with Crippen LogP contribution in [0.25, 0.3) is 10.9 Å². The zero-order valence-corrected chi connectivity index (χ0v) is 13.6. The minimum absolute atomic E-state index is 0.0229. The fraction of sp³-hybridized carbons (Fsp3) is 0.467. The number of nitrogens with zero attached hydrogens (tertiary/aromatic N) is 3. The van der Waals surface area contributed by atoms with E-state index < -0.39 is 0 Å². The van der Waals surface area contributed by atoms with Crippen LogP contribution in [-0.2, 0) is 7.05 Å². The Balaban J connectivity index is 2.33. The Kier molecular flexibility index (Phi) is 5.17. The normalized spacial score (nSPS) is 10.9. The van der Waals surface area contributed by atoms with Crippen molar-refractivity contribution in [3.8, 4) is 0 Å². The Bertz CT molecular complexity index is 594. The van der Waals surface area contributed by atoms with Gasteiger partial charge >= 0.3 is 0 Å². The van der Waals surface area contributed by atoms with Crippen molar-refractivity contribution in [2.75, 3.05) is 18.4 Å². The number of hydrogen-bond acceptors (Lipinski definition) is 2. The first-order valence-corrected chi connectivity index (χ1v) is 8.08. The third kappa shape index (κ3) is 3.03. The first-order valence-electron chi connectivity index (χ1n) is 6.96. The maximum atomic E-state index is 12.7. The van der Waals surface area contributed by atoms with Crippen molar-refractivity contribution < 1.29 is 4.79 Å². The maximum absolute atomic E-state index is 12.7. The zero-order valence-electron chi connectivity index (χ0n) is 12.0. The van der Waals surface area contributed by atoms with Gasteiger partial charge < -0.3 is 4.90 Å². The number of aryl methyl sites for hydroxylation is 1. The second kappa shape index (κ2) is 6.88. The molecule has 0 unspecified atom stereocenters. The van der Waals surface area contributed by atoms with E-state index in [0.717, 1.165) is 35.6 Å². The Morgan fingerprint density at radius 2 is 2.10 bits per heavy atom. The number of hydrogen-bond donors (Lipinski definition) is 0. The largest absolute Gasteiger partial charge is 0.336 e. The molecule has 0 spiro atoms. The first-order chi connectivity index (χ1) is 9.69. The Morgan fingerprint density at radius 1 is 1.35 bits per heavy atom. The highest BCUT2D eigenvalue weighted by molar-refractivity contribution is 9.09. The van der Waals surface area contributed by atoms with Crippen LogP contribution < -0.4 is 0 Å². The summed E-state index contributed by atoms with van der Waals surface area (Å²) in [7, 11) is 1.87. The average molecular weight is 338 g/mol. The van der Waals surface area contributed by atoms with Crippen molar-refractivity contribution in [1.82, 2.24) is 14.7 Å². The van der Waals surface area contributed by atoms with Gasteiger partial charge in [-0.2, -0.15) is 5.10 Å². The number of para-hydroxylation sites is 1. The molecule has 0 aliphatic heterocycles. The Morgan fingerprint density at radius 3 is 2.80 bits per heavy atom. The van der Waals surface area contributed by atoms with Crippen LogP contribution >= 0.6 is 15.9 Å². The molecule has 2 rings (SSSR count). The topological polar surface area (TPSA) is 38.1 Å². The van der Waals surface area contributed by atoms with Crippen LogP contribution in [0.15, 0.2) is 24.3 Å². The van der Waals surface area contributed by atoms with Gasteiger partial charge in [0.05, 0.1) is 5.52 Å². The number of carbonyl (C=O) groups is 1. The van der Waals surface area contributed by atoms with E-state index in [1.165, 1.54) is 0 Å². The number of benzene rings is 1. The predicted molar refractivity (Wildman–Crippen MR) is 85.3 cm³/mol. The predicted octanol–water partition coefficient (Wildman–Crippen LogP) is 3.21. The molecule has 0 N–H and O–H groups in total. The quantitative estimate of drug-likeness (QED) is 0.759. The Hall–Kier alpha value is -1.36. The molecule has 0 saturated heterocycles. The molecule has 0 bridgehead atoms. The van der Waals surface area contributed by atoms with E-state index in [4.69, 9.17) is 0 Å². The lowest BCUT2D eigenvalue weighted by atomic mass is 10.2. The monoisotopic (exact) mass is 337 g/mol. The van der Waals surface area contributed by atoms with Crippen LogP contribution in [0.2, 0.25) is 0 Å². The smallest absolute Gasteiger partial charge is 0.275 e. The highest BCUT2D eigenvalue weighted by Gasteiger charge is 2.21. The van der Waals surface area contributed by atoms with E-state index >= 15 is 0 Å². The van der Waals surface area contributed by atoms with Gasteiger partial charge in [-0.05, 0) is 12.5 Å². The summed E-state index contributed by atoms with van der Waals surface area (Å²) in [4.78, 5) is 14.6. The third-order valence-electron chi connectivity index (χ3n) is 3.38. The fourth-order valence-corrected chi connectivity index (χ4v) is 2.72. The Labute approximate surface area is 127 Å². The van der Waals surface area contributed by atoms with E-state index in [2.05, 4.69) is 28.0 Å². The summed E-state index contributed by atoms with van der Waals surface area (Å²) in [5.74, 6) is 0.0229. The summed E-state index contributed by atoms with van der Waals surface area (Å²) >= 11 is 3.42. The van der Waals surface area contributed by atoms with Crippen LogP contribution in [0.5, 0.6) is 0 Å². The van der Waals surface area contributed by atoms with E-state index in [1.54, 1.807) is 4.68 Å². The van der Waals surface area contributed by atoms with Gasteiger partial charge in [0, 0.05) is 30.9 Å². The molecule has 0 aliphatic rings. The van der Waals surface area contributed by atoms with E-state index in [0.29, 0.717) is 12.2 Å². The van der Waals surface area contributed by atoms with Gasteiger partial charge in [0.25, 0.3) is 5.91 Å². The number of halogens is 1. The van der Waals surface area contributed by atoms with Crippen LogP contribution in [0, 0.1) is 0 Å². The number of aromatic nitrogens is 2. The second-order valence-electron chi connectivity index (χ2n) is 4.82. The van der Waals surface area contributed by atoms with Gasteiger partial charge in [-0.15, -0.1) is 0 Å². The lowest BCUT2D eigenvalue weighted by Crippen LogP contribution is -2.34. The molecule has 20 heavy (non-hydrogen) atoms. The minimum Gasteiger partial charge on any atom is -0.336 e. The summed E-state index contributed by atoms with van der Waals surface area (Å²) in [6.07, 6.45) is 2.10. The van der Waals surface area contributed by atoms with Crippen LogP contribution in [0.4, 0.5) is 0 Å². The van der Waals surface area contributed by atoms with Crippen molar-refractivity contribution in [3.05, 3.63) is 30.0 Å². The van der Waals surface area contributed by atoms with Crippen molar-refractivity contribution in [2.24, 2.45) is 7.05 Å². The van der Waals surface area contributed by atoms with Crippen molar-refractivity contribution in [3.63, 3.8) is 0 Å². The molecule has 0 aliphatic carbocycles. The molecule has 4 nitrogen and oxygen atoms in total. The molecule has 1 aromatic heterocycles. The summed E-state index contributed by atoms with van der Waals surface area (Å²) in [5.41, 5.74) is 1.55. The van der Waals surface area contributed by atoms with Crippen molar-refractivity contribution in [1.29, 1.82) is 0 Å². The van der Waals surface area contributed by atoms with Crippen LogP contribution in [-0.4, -0.2) is 39.0 Å². The number of fused-ring (bicyclic) bond motifs is 1. The molecule has 1 amide bonds. The van der Waals surface area contributed by atoms with Crippen molar-refractivity contribution in [2.45, 2.75) is 19.8 Å². The van der Waals surface area contributed by atoms with E-state index in [9.17, 15) is 4.79 Å². The number of amides is 1. The summed E-state index contributed by atoms with van der Waals surface area (Å²) in [6, 6.07) is 7.86. The molecule has 0 radical (unpaired) electrons. The van der Waals surface area contributed by atoms with Gasteiger partial charge in [0.1, 0.15) is 0 Å². The first kappa shape index (κ1) is 15.0. The lowest BCUT2D eigenvalue weighted by molar-refractivity contribution is 0.0759. The molecule has 2 aromatic rings. The van der Waals surface area contributed by atoms with Crippen LogP contribution in [0.3, 0.4) is 0 Å². The highest BCUT2D eigenvalue weighted by Crippen LogP contribution is 2.19. The number of unbranched alkanes of at least 4 members (excludes halogenated alkanes) is 1. The van der Waals surface area contributed by atoms with Gasteiger partial charge in [-0.25, -0.2) is 0 Å². The summed E-state index contributed by atoms with van der Waals surface area (Å²) < 4.78 is 1.77. The third-order valence-corrected chi connectivity index (χ3v) is 3.74. The standard InChI is InChI=1S/C15H20BrN3O/c1-3-4-10-19(11-9-16)15(20)14-12-7-5-6-8-13(12)18(2)17-14/h5-8H,3-4,9-11H2,1-2H3. The summed E-state index contributed by atoms with van der Waals surface area (Å²) in [6.45, 7) is 3.63. The van der Waals surface area contributed by atoms with E-state index in [-0.39, 0.29) is 5.91 Å². The van der Waals surface area contributed by atoms with Gasteiger partial charge in [0.2, 0.25) is 0 Å². The molecule has 108 valence electrons. The van der Waals surface area contributed by atoms with E-state index in [1.807, 2.05) is 36.2 Å². The van der Waals surface area contributed by atoms with Gasteiger partial charge in [-0.1, -0.05) is 47.5 Å². The molecular formula is C15H20BrN3O. The molecule has 0 fully saturated rings. The summed E-state index contributed by atoms with van der Waals surface area (Å²) in [5, 5.41) is 6.12. The number of rotatable bonds is 6. The molecule has 5 heteroatoms. The van der Waals surface area contributed by atoms with Gasteiger partial charge in [0.15, 0.2) is 5.69 Å². The molecule has 1 heterocycles. The van der Waals surface area contributed by atoms with Gasteiger partial charge in [-0.3, -0.25) is 9.48 Å². The number of carbonyl (C=O) groups excluding carboxylic acids is 1. The molecule has 1 aromatic carbocycles. The molecular weight excluding hydrogens is 318 g/mol. The zero-order chi connectivity index (χ0) is 14.5. The highest BCUT2D eigenvalue weighted by atomic mass is 79.9. The minimum atomic E-state index is 0.0229. The maximum Gasteiger partial charge on any atom is 0.275 e. The van der Waals surface area contributed by atoms with Crippen LogP contribution in [0.1, 0.15) is 30.3 Å².